The molecule has 102 valence electrons. The lowest BCUT2D eigenvalue weighted by Gasteiger charge is -2.07. The van der Waals surface area contributed by atoms with Crippen molar-refractivity contribution in [2.75, 3.05) is 6.54 Å². The summed E-state index contributed by atoms with van der Waals surface area (Å²) in [5.74, 6) is 0.749. The lowest BCUT2D eigenvalue weighted by atomic mass is 10.2. The van der Waals surface area contributed by atoms with Gasteiger partial charge in [-0.2, -0.15) is 0 Å². The molecule has 7 heteroatoms. The number of H-pyrrole nitrogens is 1. The van der Waals surface area contributed by atoms with Crippen LogP contribution in [0.1, 0.15) is 11.4 Å². The number of nitrogens with one attached hydrogen (secondary N) is 2. The lowest BCUT2D eigenvalue weighted by Crippen LogP contribution is -2.26. The van der Waals surface area contributed by atoms with Gasteiger partial charge in [0, 0.05) is 31.9 Å². The van der Waals surface area contributed by atoms with Gasteiger partial charge in [0.25, 0.3) is 0 Å². The maximum absolute atomic E-state index is 12.0. The third kappa shape index (κ3) is 3.63. The highest BCUT2D eigenvalue weighted by atomic mass is 32.2. The summed E-state index contributed by atoms with van der Waals surface area (Å²) >= 11 is 0. The highest BCUT2D eigenvalue weighted by Gasteiger charge is 2.13. The Balaban J connectivity index is 2.01. The van der Waals surface area contributed by atoms with E-state index >= 15 is 0 Å². The van der Waals surface area contributed by atoms with Crippen molar-refractivity contribution in [2.45, 2.75) is 17.9 Å². The van der Waals surface area contributed by atoms with E-state index in [0.717, 1.165) is 11.4 Å². The Morgan fingerprint density at radius 1 is 1.37 bits per heavy atom. The molecule has 0 spiro atoms. The van der Waals surface area contributed by atoms with Gasteiger partial charge in [-0.15, -0.1) is 0 Å². The largest absolute Gasteiger partial charge is 0.349 e. The van der Waals surface area contributed by atoms with E-state index in [4.69, 9.17) is 5.73 Å². The maximum atomic E-state index is 12.0. The number of rotatable bonds is 6. The molecule has 0 fully saturated rings. The summed E-state index contributed by atoms with van der Waals surface area (Å²) in [5, 5.41) is 0. The van der Waals surface area contributed by atoms with Crippen LogP contribution in [0.5, 0.6) is 0 Å². The van der Waals surface area contributed by atoms with Crippen molar-refractivity contribution in [1.29, 1.82) is 0 Å². The second kappa shape index (κ2) is 5.96. The fourth-order valence-electron chi connectivity index (χ4n) is 1.66. The van der Waals surface area contributed by atoms with E-state index in [-0.39, 0.29) is 4.90 Å². The molecule has 19 heavy (non-hydrogen) atoms. The number of benzene rings is 1. The maximum Gasteiger partial charge on any atom is 0.240 e. The SMILES string of the molecule is NCc1cccc(S(=O)(=O)NCCc2ncc[nH]2)c1. The predicted octanol–water partition coefficient (Wildman–Crippen LogP) is 0.389. The van der Waals surface area contributed by atoms with Gasteiger partial charge in [-0.25, -0.2) is 18.1 Å². The van der Waals surface area contributed by atoms with Gasteiger partial charge in [0.15, 0.2) is 0 Å². The van der Waals surface area contributed by atoms with Crippen molar-refractivity contribution < 1.29 is 8.42 Å². The van der Waals surface area contributed by atoms with E-state index in [2.05, 4.69) is 14.7 Å². The zero-order valence-corrected chi connectivity index (χ0v) is 11.2. The van der Waals surface area contributed by atoms with Crippen molar-refractivity contribution in [3.63, 3.8) is 0 Å². The van der Waals surface area contributed by atoms with Gasteiger partial charge in [-0.05, 0) is 17.7 Å². The Labute approximate surface area is 112 Å². The van der Waals surface area contributed by atoms with E-state index in [1.54, 1.807) is 36.7 Å². The zero-order chi connectivity index (χ0) is 13.7. The number of nitrogens with two attached hydrogens (primary N) is 1. The fraction of sp³-hybridized carbons (Fsp3) is 0.250. The minimum atomic E-state index is -3.49. The normalized spacial score (nSPS) is 11.6. The van der Waals surface area contributed by atoms with Gasteiger partial charge < -0.3 is 10.7 Å². The Morgan fingerprint density at radius 2 is 2.21 bits per heavy atom. The number of aromatic nitrogens is 2. The predicted molar refractivity (Wildman–Crippen MR) is 71.8 cm³/mol. The van der Waals surface area contributed by atoms with E-state index < -0.39 is 10.0 Å². The molecule has 0 atom stereocenters. The van der Waals surface area contributed by atoms with Crippen molar-refractivity contribution in [1.82, 2.24) is 14.7 Å². The van der Waals surface area contributed by atoms with Crippen LogP contribution >= 0.6 is 0 Å². The van der Waals surface area contributed by atoms with Crippen LogP contribution in [0, 0.1) is 0 Å². The molecule has 0 bridgehead atoms. The molecule has 1 heterocycles. The zero-order valence-electron chi connectivity index (χ0n) is 10.3. The molecule has 0 radical (unpaired) electrons. The molecular weight excluding hydrogens is 264 g/mol. The average Bonchev–Trinajstić information content (AvgIpc) is 2.92. The van der Waals surface area contributed by atoms with Gasteiger partial charge in [0.1, 0.15) is 5.82 Å². The van der Waals surface area contributed by atoms with Gasteiger partial charge in [0.05, 0.1) is 4.90 Å². The molecule has 0 unspecified atom stereocenters. The van der Waals surface area contributed by atoms with E-state index in [0.29, 0.717) is 19.5 Å². The van der Waals surface area contributed by atoms with Crippen molar-refractivity contribution in [2.24, 2.45) is 5.73 Å². The molecule has 1 aromatic heterocycles. The molecule has 0 aliphatic heterocycles. The molecular formula is C12H16N4O2S. The summed E-state index contributed by atoms with van der Waals surface area (Å²) < 4.78 is 26.6. The number of sulfonamides is 1. The first-order chi connectivity index (χ1) is 9.12. The number of imidazole rings is 1. The number of nitrogens with zero attached hydrogens (tertiary/aromatic N) is 1. The molecule has 2 rings (SSSR count). The van der Waals surface area contributed by atoms with Gasteiger partial charge in [-0.3, -0.25) is 0 Å². The topological polar surface area (TPSA) is 101 Å². The third-order valence-electron chi connectivity index (χ3n) is 2.65. The Morgan fingerprint density at radius 3 is 2.89 bits per heavy atom. The number of aromatic amines is 1. The Hall–Kier alpha value is -1.70. The van der Waals surface area contributed by atoms with Crippen LogP contribution < -0.4 is 10.5 Å². The van der Waals surface area contributed by atoms with Crippen molar-refractivity contribution >= 4 is 10.0 Å². The monoisotopic (exact) mass is 280 g/mol. The molecule has 6 nitrogen and oxygen atoms in total. The Kier molecular flexibility index (Phi) is 4.31. The van der Waals surface area contributed by atoms with Crippen molar-refractivity contribution in [3.8, 4) is 0 Å². The molecule has 4 N–H and O–H groups in total. The van der Waals surface area contributed by atoms with Crippen LogP contribution in [0.25, 0.3) is 0 Å². The standard InChI is InChI=1S/C12H16N4O2S/c13-9-10-2-1-3-11(8-10)19(17,18)16-5-4-12-14-6-7-15-12/h1-3,6-8,16H,4-5,9,13H2,(H,14,15). The average molecular weight is 280 g/mol. The van der Waals surface area contributed by atoms with Gasteiger partial charge in [0.2, 0.25) is 10.0 Å². The summed E-state index contributed by atoms with van der Waals surface area (Å²) in [6.07, 6.45) is 3.85. The van der Waals surface area contributed by atoms with Crippen LogP contribution in [0.2, 0.25) is 0 Å². The fourth-order valence-corrected chi connectivity index (χ4v) is 2.76. The molecule has 0 aliphatic rings. The van der Waals surface area contributed by atoms with Crippen LogP contribution in [0.4, 0.5) is 0 Å². The second-order valence-electron chi connectivity index (χ2n) is 4.04. The molecule has 1 aromatic carbocycles. The summed E-state index contributed by atoms with van der Waals surface area (Å²) in [6.45, 7) is 0.610. The van der Waals surface area contributed by atoms with Crippen LogP contribution in [-0.4, -0.2) is 24.9 Å². The van der Waals surface area contributed by atoms with E-state index in [9.17, 15) is 8.42 Å². The quantitative estimate of drug-likeness (QED) is 0.712. The highest BCUT2D eigenvalue weighted by molar-refractivity contribution is 7.89. The molecule has 0 amide bonds. The smallest absolute Gasteiger partial charge is 0.240 e. The third-order valence-corrected chi connectivity index (χ3v) is 4.11. The second-order valence-corrected chi connectivity index (χ2v) is 5.80. The van der Waals surface area contributed by atoms with Gasteiger partial charge >= 0.3 is 0 Å². The molecule has 0 saturated carbocycles. The molecule has 0 aliphatic carbocycles. The summed E-state index contributed by atoms with van der Waals surface area (Å²) in [7, 11) is -3.49. The van der Waals surface area contributed by atoms with E-state index in [1.807, 2.05) is 0 Å². The van der Waals surface area contributed by atoms with Crippen LogP contribution in [-0.2, 0) is 23.0 Å². The highest BCUT2D eigenvalue weighted by Crippen LogP contribution is 2.10. The molecule has 2 aromatic rings. The summed E-state index contributed by atoms with van der Waals surface area (Å²) in [5.41, 5.74) is 6.28. The van der Waals surface area contributed by atoms with Gasteiger partial charge in [-0.1, -0.05) is 12.1 Å². The first-order valence-electron chi connectivity index (χ1n) is 5.89. The van der Waals surface area contributed by atoms with Crippen molar-refractivity contribution in [3.05, 3.63) is 48.0 Å². The number of hydrogen-bond acceptors (Lipinski definition) is 4. The minimum absolute atomic E-state index is 0.231. The summed E-state index contributed by atoms with van der Waals surface area (Å²) in [6, 6.07) is 6.61. The first kappa shape index (κ1) is 13.7. The van der Waals surface area contributed by atoms with Crippen LogP contribution in [0.3, 0.4) is 0 Å². The van der Waals surface area contributed by atoms with E-state index in [1.165, 1.54) is 0 Å². The summed E-state index contributed by atoms with van der Waals surface area (Å²) in [4.78, 5) is 7.18. The minimum Gasteiger partial charge on any atom is -0.349 e. The first-order valence-corrected chi connectivity index (χ1v) is 7.37. The number of hydrogen-bond donors (Lipinski definition) is 3. The molecule has 0 saturated heterocycles. The Bertz CT molecular complexity index is 623. The lowest BCUT2D eigenvalue weighted by molar-refractivity contribution is 0.581. The van der Waals surface area contributed by atoms with Crippen LogP contribution in [0.15, 0.2) is 41.6 Å².